The minimum atomic E-state index is -0.794. The van der Waals surface area contributed by atoms with Crippen LogP contribution in [0.1, 0.15) is 27.7 Å². The van der Waals surface area contributed by atoms with Crippen molar-refractivity contribution in [2.45, 2.75) is 27.7 Å². The van der Waals surface area contributed by atoms with Crippen molar-refractivity contribution in [2.75, 3.05) is 23.4 Å². The summed E-state index contributed by atoms with van der Waals surface area (Å²) in [7, 11) is 0. The zero-order valence-electron chi connectivity index (χ0n) is 11.9. The summed E-state index contributed by atoms with van der Waals surface area (Å²) in [5.74, 6) is 4.40. The second-order valence-electron chi connectivity index (χ2n) is 5.46. The molecular formula is C13H22F2N4. The van der Waals surface area contributed by atoms with E-state index in [1.165, 1.54) is 0 Å². The lowest BCUT2D eigenvalue weighted by molar-refractivity contribution is 0.524. The highest BCUT2D eigenvalue weighted by atomic mass is 19.1. The summed E-state index contributed by atoms with van der Waals surface area (Å²) in [4.78, 5) is 5.76. The van der Waals surface area contributed by atoms with Crippen LogP contribution in [0.2, 0.25) is 0 Å². The molecule has 0 saturated carbocycles. The lowest BCUT2D eigenvalue weighted by Crippen LogP contribution is -2.33. The van der Waals surface area contributed by atoms with E-state index < -0.39 is 11.6 Å². The first-order chi connectivity index (χ1) is 8.85. The van der Waals surface area contributed by atoms with E-state index in [0.29, 0.717) is 24.9 Å². The fourth-order valence-electron chi connectivity index (χ4n) is 1.91. The molecule has 3 N–H and O–H groups in total. The molecule has 6 heteroatoms. The molecule has 0 radical (unpaired) electrons. The molecule has 0 atom stereocenters. The third-order valence-electron chi connectivity index (χ3n) is 2.52. The topological polar surface area (TPSA) is 54.2 Å². The van der Waals surface area contributed by atoms with Gasteiger partial charge < -0.3 is 10.3 Å². The SMILES string of the molecule is CC(C)CN(CC(C)C)c1nc(NN)c(F)cc1F. The molecular weight excluding hydrogens is 250 g/mol. The molecule has 4 nitrogen and oxygen atoms in total. The van der Waals surface area contributed by atoms with Gasteiger partial charge in [0.15, 0.2) is 23.3 Å². The molecule has 1 aromatic heterocycles. The molecule has 1 aromatic rings. The average Bonchev–Trinajstić information content (AvgIpc) is 2.27. The monoisotopic (exact) mass is 272 g/mol. The van der Waals surface area contributed by atoms with Gasteiger partial charge in [-0.2, -0.15) is 0 Å². The molecule has 0 bridgehead atoms. The number of aromatic nitrogens is 1. The smallest absolute Gasteiger partial charge is 0.178 e. The Hall–Kier alpha value is -1.43. The average molecular weight is 272 g/mol. The molecule has 0 spiro atoms. The van der Waals surface area contributed by atoms with E-state index in [0.717, 1.165) is 6.07 Å². The third kappa shape index (κ3) is 4.31. The van der Waals surface area contributed by atoms with Crippen molar-refractivity contribution in [3.8, 4) is 0 Å². The first kappa shape index (κ1) is 15.6. The summed E-state index contributed by atoms with van der Waals surface area (Å²) in [6.07, 6.45) is 0. The fourth-order valence-corrected chi connectivity index (χ4v) is 1.91. The van der Waals surface area contributed by atoms with E-state index >= 15 is 0 Å². The van der Waals surface area contributed by atoms with Crippen molar-refractivity contribution in [1.29, 1.82) is 0 Å². The van der Waals surface area contributed by atoms with Crippen molar-refractivity contribution in [3.05, 3.63) is 17.7 Å². The molecule has 0 amide bonds. The standard InChI is InChI=1S/C13H22F2N4/c1-8(2)6-19(7-9(3)4)13-11(15)5-10(14)12(17-13)18-16/h5,8-9H,6-7,16H2,1-4H3,(H,17,18). The molecule has 0 unspecified atom stereocenters. The quantitative estimate of drug-likeness (QED) is 0.617. The number of hydrogen-bond donors (Lipinski definition) is 2. The molecule has 0 aromatic carbocycles. The van der Waals surface area contributed by atoms with Crippen molar-refractivity contribution in [2.24, 2.45) is 17.7 Å². The predicted octanol–water partition coefficient (Wildman–Crippen LogP) is 2.76. The van der Waals surface area contributed by atoms with Crippen LogP contribution in [0.5, 0.6) is 0 Å². The third-order valence-corrected chi connectivity index (χ3v) is 2.52. The number of nitrogens with one attached hydrogen (secondary N) is 1. The zero-order valence-corrected chi connectivity index (χ0v) is 11.9. The Balaban J connectivity index is 3.13. The van der Waals surface area contributed by atoms with Crippen molar-refractivity contribution >= 4 is 11.6 Å². The van der Waals surface area contributed by atoms with Crippen LogP contribution in [0.25, 0.3) is 0 Å². The Kier molecular flexibility index (Phi) is 5.47. The van der Waals surface area contributed by atoms with Gasteiger partial charge in [0.2, 0.25) is 0 Å². The van der Waals surface area contributed by atoms with Crippen molar-refractivity contribution in [3.63, 3.8) is 0 Å². The Labute approximate surface area is 113 Å². The predicted molar refractivity (Wildman–Crippen MR) is 73.9 cm³/mol. The Bertz CT molecular complexity index is 411. The molecule has 0 fully saturated rings. The summed E-state index contributed by atoms with van der Waals surface area (Å²) >= 11 is 0. The molecule has 19 heavy (non-hydrogen) atoms. The van der Waals surface area contributed by atoms with Gasteiger partial charge in [0.25, 0.3) is 0 Å². The van der Waals surface area contributed by atoms with E-state index in [1.54, 1.807) is 0 Å². The molecule has 0 saturated heterocycles. The summed E-state index contributed by atoms with van der Waals surface area (Å²) in [5.41, 5.74) is 2.14. The maximum absolute atomic E-state index is 13.9. The number of halogens is 2. The van der Waals surface area contributed by atoms with Crippen LogP contribution in [0.15, 0.2) is 6.07 Å². The van der Waals surface area contributed by atoms with Crippen LogP contribution in [0.3, 0.4) is 0 Å². The molecule has 0 aliphatic carbocycles. The zero-order chi connectivity index (χ0) is 14.6. The largest absolute Gasteiger partial charge is 0.354 e. The van der Waals surface area contributed by atoms with Crippen LogP contribution in [-0.2, 0) is 0 Å². The number of hydrazine groups is 1. The van der Waals surface area contributed by atoms with E-state index in [2.05, 4.69) is 10.4 Å². The highest BCUT2D eigenvalue weighted by Crippen LogP contribution is 2.23. The Morgan fingerprint density at radius 1 is 1.16 bits per heavy atom. The lowest BCUT2D eigenvalue weighted by atomic mass is 10.1. The van der Waals surface area contributed by atoms with Crippen LogP contribution < -0.4 is 16.2 Å². The van der Waals surface area contributed by atoms with Crippen LogP contribution in [-0.4, -0.2) is 18.1 Å². The van der Waals surface area contributed by atoms with Crippen LogP contribution >= 0.6 is 0 Å². The molecule has 0 aliphatic rings. The number of hydrogen-bond acceptors (Lipinski definition) is 4. The van der Waals surface area contributed by atoms with Gasteiger partial charge in [0.05, 0.1) is 0 Å². The number of nitrogens with zero attached hydrogens (tertiary/aromatic N) is 2. The minimum Gasteiger partial charge on any atom is -0.354 e. The van der Waals surface area contributed by atoms with Crippen LogP contribution in [0, 0.1) is 23.5 Å². The number of pyridine rings is 1. The second kappa shape index (κ2) is 6.65. The second-order valence-corrected chi connectivity index (χ2v) is 5.46. The van der Waals surface area contributed by atoms with Gasteiger partial charge in [-0.15, -0.1) is 0 Å². The molecule has 1 heterocycles. The maximum Gasteiger partial charge on any atom is 0.178 e. The summed E-state index contributed by atoms with van der Waals surface area (Å²) < 4.78 is 27.3. The highest BCUT2D eigenvalue weighted by molar-refractivity contribution is 5.48. The Morgan fingerprint density at radius 3 is 2.11 bits per heavy atom. The van der Waals surface area contributed by atoms with Crippen molar-refractivity contribution < 1.29 is 8.78 Å². The molecule has 0 aliphatic heterocycles. The van der Waals surface area contributed by atoms with Gasteiger partial charge in [-0.1, -0.05) is 27.7 Å². The van der Waals surface area contributed by atoms with Crippen molar-refractivity contribution in [1.82, 2.24) is 4.98 Å². The maximum atomic E-state index is 13.9. The summed E-state index contributed by atoms with van der Waals surface area (Å²) in [6.45, 7) is 9.46. The highest BCUT2D eigenvalue weighted by Gasteiger charge is 2.19. The first-order valence-electron chi connectivity index (χ1n) is 6.42. The van der Waals surface area contributed by atoms with E-state index in [4.69, 9.17) is 5.84 Å². The summed E-state index contributed by atoms with van der Waals surface area (Å²) in [5, 5.41) is 0. The lowest BCUT2D eigenvalue weighted by Gasteiger charge is -2.28. The normalized spacial score (nSPS) is 11.2. The number of anilines is 2. The van der Waals surface area contributed by atoms with Crippen LogP contribution in [0.4, 0.5) is 20.4 Å². The van der Waals surface area contributed by atoms with Gasteiger partial charge in [-0.25, -0.2) is 19.6 Å². The molecule has 1 rings (SSSR count). The van der Waals surface area contributed by atoms with Gasteiger partial charge in [0, 0.05) is 19.2 Å². The summed E-state index contributed by atoms with van der Waals surface area (Å²) in [6, 6.07) is 0.811. The van der Waals surface area contributed by atoms with Gasteiger partial charge in [-0.05, 0) is 11.8 Å². The fraction of sp³-hybridized carbons (Fsp3) is 0.615. The Morgan fingerprint density at radius 2 is 1.68 bits per heavy atom. The van der Waals surface area contributed by atoms with E-state index in [-0.39, 0.29) is 11.6 Å². The minimum absolute atomic E-state index is 0.136. The number of nitrogen functional groups attached to an aromatic ring is 1. The van der Waals surface area contributed by atoms with E-state index in [1.807, 2.05) is 32.6 Å². The molecule has 108 valence electrons. The van der Waals surface area contributed by atoms with Gasteiger partial charge in [0.1, 0.15) is 0 Å². The van der Waals surface area contributed by atoms with Gasteiger partial charge >= 0.3 is 0 Å². The van der Waals surface area contributed by atoms with E-state index in [9.17, 15) is 8.78 Å². The number of nitrogens with two attached hydrogens (primary N) is 1. The first-order valence-corrected chi connectivity index (χ1v) is 6.42. The van der Waals surface area contributed by atoms with Gasteiger partial charge in [-0.3, -0.25) is 0 Å². The number of rotatable bonds is 6.